The van der Waals surface area contributed by atoms with E-state index in [1.807, 2.05) is 12.1 Å². The van der Waals surface area contributed by atoms with E-state index in [0.717, 1.165) is 5.56 Å². The van der Waals surface area contributed by atoms with Gasteiger partial charge in [-0.1, -0.05) is 51.1 Å². The molecule has 0 spiro atoms. The summed E-state index contributed by atoms with van der Waals surface area (Å²) in [6.07, 6.45) is 0. The monoisotopic (exact) mass is 422 g/mol. The largest absolute Gasteiger partial charge is 0.243 e. The van der Waals surface area contributed by atoms with Crippen LogP contribution in [0.4, 0.5) is 0 Å². The standard InChI is InChI=1S/C20H26N2O4S2/c1-20(2,3)17-9-11-19(12-10-17)28(25,26)22-15-13-21(14-16-22)27(23,24)18-7-5-4-6-8-18/h4-12H,13-16H2,1-3H3. The Morgan fingerprint density at radius 1 is 0.643 bits per heavy atom. The Bertz CT molecular complexity index is 1020. The Hall–Kier alpha value is -1.74. The highest BCUT2D eigenvalue weighted by Gasteiger charge is 2.33. The van der Waals surface area contributed by atoms with Crippen LogP contribution < -0.4 is 0 Å². The highest BCUT2D eigenvalue weighted by atomic mass is 32.2. The second kappa shape index (κ2) is 7.59. The summed E-state index contributed by atoms with van der Waals surface area (Å²) >= 11 is 0. The van der Waals surface area contributed by atoms with Crippen molar-refractivity contribution >= 4 is 20.0 Å². The van der Waals surface area contributed by atoms with E-state index < -0.39 is 20.0 Å². The van der Waals surface area contributed by atoms with E-state index in [2.05, 4.69) is 20.8 Å². The van der Waals surface area contributed by atoms with E-state index in [-0.39, 0.29) is 41.4 Å². The average molecular weight is 423 g/mol. The molecule has 0 unspecified atom stereocenters. The molecule has 0 bridgehead atoms. The van der Waals surface area contributed by atoms with E-state index in [0.29, 0.717) is 0 Å². The predicted octanol–water partition coefficient (Wildman–Crippen LogP) is 2.68. The summed E-state index contributed by atoms with van der Waals surface area (Å²) in [6.45, 7) is 6.76. The molecule has 6 nitrogen and oxygen atoms in total. The first-order valence-corrected chi connectivity index (χ1v) is 12.1. The molecule has 3 rings (SSSR count). The Kier molecular flexibility index (Phi) is 5.69. The summed E-state index contributed by atoms with van der Waals surface area (Å²) in [7, 11) is -7.25. The number of hydrogen-bond acceptors (Lipinski definition) is 4. The third-order valence-electron chi connectivity index (χ3n) is 4.94. The van der Waals surface area contributed by atoms with Gasteiger partial charge < -0.3 is 0 Å². The quantitative estimate of drug-likeness (QED) is 0.759. The summed E-state index contributed by atoms with van der Waals surface area (Å²) in [5.74, 6) is 0. The molecule has 0 radical (unpaired) electrons. The molecule has 2 aromatic carbocycles. The maximum Gasteiger partial charge on any atom is 0.243 e. The fourth-order valence-electron chi connectivity index (χ4n) is 3.17. The molecule has 1 fully saturated rings. The smallest absolute Gasteiger partial charge is 0.207 e. The van der Waals surface area contributed by atoms with Crippen molar-refractivity contribution in [3.63, 3.8) is 0 Å². The number of hydrogen-bond donors (Lipinski definition) is 0. The molecule has 1 saturated heterocycles. The van der Waals surface area contributed by atoms with Crippen LogP contribution in [0.1, 0.15) is 26.3 Å². The van der Waals surface area contributed by atoms with Gasteiger partial charge in [-0.25, -0.2) is 16.8 Å². The topological polar surface area (TPSA) is 74.8 Å². The van der Waals surface area contributed by atoms with Crippen molar-refractivity contribution in [2.24, 2.45) is 0 Å². The molecule has 152 valence electrons. The predicted molar refractivity (Wildman–Crippen MR) is 109 cm³/mol. The lowest BCUT2D eigenvalue weighted by Gasteiger charge is -2.33. The van der Waals surface area contributed by atoms with E-state index in [4.69, 9.17) is 0 Å². The van der Waals surface area contributed by atoms with Gasteiger partial charge in [0.2, 0.25) is 20.0 Å². The first-order chi connectivity index (χ1) is 13.0. The molecule has 1 aliphatic rings. The molecule has 1 aliphatic heterocycles. The van der Waals surface area contributed by atoms with Crippen LogP contribution in [0.25, 0.3) is 0 Å². The molecule has 2 aromatic rings. The first kappa shape index (κ1) is 21.0. The third kappa shape index (κ3) is 4.15. The zero-order valence-electron chi connectivity index (χ0n) is 16.4. The second-order valence-electron chi connectivity index (χ2n) is 7.90. The Morgan fingerprint density at radius 3 is 1.43 bits per heavy atom. The van der Waals surface area contributed by atoms with Gasteiger partial charge in [-0.3, -0.25) is 0 Å². The summed E-state index contributed by atoms with van der Waals surface area (Å²) in [6, 6.07) is 15.1. The molecular formula is C20H26N2O4S2. The van der Waals surface area contributed by atoms with Crippen LogP contribution >= 0.6 is 0 Å². The van der Waals surface area contributed by atoms with E-state index in [1.54, 1.807) is 42.5 Å². The summed E-state index contributed by atoms with van der Waals surface area (Å²) < 4.78 is 54.0. The number of sulfonamides is 2. The lowest BCUT2D eigenvalue weighted by molar-refractivity contribution is 0.273. The average Bonchev–Trinajstić information content (AvgIpc) is 2.68. The van der Waals surface area contributed by atoms with Gasteiger partial charge in [0.15, 0.2) is 0 Å². The maximum absolute atomic E-state index is 12.9. The highest BCUT2D eigenvalue weighted by molar-refractivity contribution is 7.89. The van der Waals surface area contributed by atoms with Crippen LogP contribution in [-0.2, 0) is 25.5 Å². The van der Waals surface area contributed by atoms with Crippen molar-refractivity contribution in [1.82, 2.24) is 8.61 Å². The van der Waals surface area contributed by atoms with Crippen molar-refractivity contribution in [2.45, 2.75) is 36.0 Å². The molecule has 0 atom stereocenters. The lowest BCUT2D eigenvalue weighted by Crippen LogP contribution is -2.50. The van der Waals surface area contributed by atoms with Crippen LogP contribution in [0.3, 0.4) is 0 Å². The molecule has 0 aliphatic carbocycles. The lowest BCUT2D eigenvalue weighted by atomic mass is 9.87. The molecule has 1 heterocycles. The van der Waals surface area contributed by atoms with E-state index in [1.165, 1.54) is 8.61 Å². The van der Waals surface area contributed by atoms with Gasteiger partial charge in [-0.2, -0.15) is 8.61 Å². The Labute approximate surface area is 167 Å². The first-order valence-electron chi connectivity index (χ1n) is 9.19. The van der Waals surface area contributed by atoms with Crippen molar-refractivity contribution < 1.29 is 16.8 Å². The van der Waals surface area contributed by atoms with Crippen molar-refractivity contribution in [2.75, 3.05) is 26.2 Å². The highest BCUT2D eigenvalue weighted by Crippen LogP contribution is 2.26. The van der Waals surface area contributed by atoms with Crippen LogP contribution in [-0.4, -0.2) is 51.6 Å². The number of nitrogens with zero attached hydrogens (tertiary/aromatic N) is 2. The van der Waals surface area contributed by atoms with Crippen molar-refractivity contribution in [3.05, 3.63) is 60.2 Å². The zero-order chi connectivity index (χ0) is 20.6. The van der Waals surface area contributed by atoms with Crippen LogP contribution in [0.2, 0.25) is 0 Å². The van der Waals surface area contributed by atoms with Crippen molar-refractivity contribution in [1.29, 1.82) is 0 Å². The fraction of sp³-hybridized carbons (Fsp3) is 0.400. The molecule has 0 amide bonds. The molecule has 8 heteroatoms. The minimum absolute atomic E-state index is 0.0558. The van der Waals surface area contributed by atoms with Gasteiger partial charge in [0.05, 0.1) is 9.79 Å². The fourth-order valence-corrected chi connectivity index (χ4v) is 6.03. The zero-order valence-corrected chi connectivity index (χ0v) is 18.0. The van der Waals surface area contributed by atoms with Gasteiger partial charge in [0.25, 0.3) is 0 Å². The summed E-state index contributed by atoms with van der Waals surface area (Å²) in [5.41, 5.74) is 1.00. The van der Waals surface area contributed by atoms with Gasteiger partial charge in [-0.05, 0) is 35.2 Å². The maximum atomic E-state index is 12.9. The van der Waals surface area contributed by atoms with Gasteiger partial charge in [0, 0.05) is 26.2 Å². The Balaban J connectivity index is 1.74. The van der Waals surface area contributed by atoms with Crippen molar-refractivity contribution in [3.8, 4) is 0 Å². The molecular weight excluding hydrogens is 396 g/mol. The Morgan fingerprint density at radius 2 is 1.04 bits per heavy atom. The second-order valence-corrected chi connectivity index (χ2v) is 11.8. The molecule has 0 aromatic heterocycles. The number of benzene rings is 2. The van der Waals surface area contributed by atoms with Crippen LogP contribution in [0.5, 0.6) is 0 Å². The van der Waals surface area contributed by atoms with Crippen LogP contribution in [0, 0.1) is 0 Å². The van der Waals surface area contributed by atoms with Gasteiger partial charge in [0.1, 0.15) is 0 Å². The van der Waals surface area contributed by atoms with E-state index >= 15 is 0 Å². The minimum atomic E-state index is -3.65. The minimum Gasteiger partial charge on any atom is -0.207 e. The van der Waals surface area contributed by atoms with Gasteiger partial charge in [-0.15, -0.1) is 0 Å². The van der Waals surface area contributed by atoms with Crippen LogP contribution in [0.15, 0.2) is 64.4 Å². The molecule has 0 N–H and O–H groups in total. The number of rotatable bonds is 4. The summed E-state index contributed by atoms with van der Waals surface area (Å²) in [5, 5.41) is 0. The molecule has 0 saturated carbocycles. The normalized spacial score (nSPS) is 17.5. The van der Waals surface area contributed by atoms with Gasteiger partial charge >= 0.3 is 0 Å². The molecule has 28 heavy (non-hydrogen) atoms. The van der Waals surface area contributed by atoms with E-state index in [9.17, 15) is 16.8 Å². The SMILES string of the molecule is CC(C)(C)c1ccc(S(=O)(=O)N2CCN(S(=O)(=O)c3ccccc3)CC2)cc1. The third-order valence-corrected chi connectivity index (χ3v) is 8.76. The summed E-state index contributed by atoms with van der Waals surface area (Å²) in [4.78, 5) is 0.462. The number of piperazine rings is 1.